The van der Waals surface area contributed by atoms with E-state index in [1.807, 2.05) is 6.08 Å². The molecule has 2 rings (SSSR count). The minimum absolute atomic E-state index is 0.834. The molecule has 0 bridgehead atoms. The van der Waals surface area contributed by atoms with Gasteiger partial charge in [0, 0.05) is 30.0 Å². The third-order valence-electron chi connectivity index (χ3n) is 3.34. The summed E-state index contributed by atoms with van der Waals surface area (Å²) < 4.78 is 0. The number of allylic oxidation sites excluding steroid dienone is 2. The molecule has 0 amide bonds. The second-order valence-corrected chi connectivity index (χ2v) is 4.64. The summed E-state index contributed by atoms with van der Waals surface area (Å²) in [5.41, 5.74) is 8.27. The zero-order chi connectivity index (χ0) is 13.8. The van der Waals surface area contributed by atoms with Gasteiger partial charge in [0.25, 0.3) is 0 Å². The van der Waals surface area contributed by atoms with E-state index < -0.39 is 0 Å². The van der Waals surface area contributed by atoms with Gasteiger partial charge in [-0.3, -0.25) is 5.43 Å². The molecule has 0 fully saturated rings. The molecule has 3 heteroatoms. The van der Waals surface area contributed by atoms with E-state index in [1.165, 1.54) is 5.69 Å². The minimum atomic E-state index is 0.834. The van der Waals surface area contributed by atoms with Crippen LogP contribution in [0.4, 0.5) is 5.69 Å². The third-order valence-corrected chi connectivity index (χ3v) is 3.34. The molecule has 0 aliphatic carbocycles. The third kappa shape index (κ3) is 2.87. The van der Waals surface area contributed by atoms with Crippen molar-refractivity contribution in [3.05, 3.63) is 53.8 Å². The average molecular weight is 255 g/mol. The molecule has 0 radical (unpaired) electrons. The molecule has 19 heavy (non-hydrogen) atoms. The average Bonchev–Trinajstić information content (AvgIpc) is 2.41. The van der Waals surface area contributed by atoms with E-state index in [0.717, 1.165) is 35.6 Å². The van der Waals surface area contributed by atoms with Crippen LogP contribution >= 0.6 is 0 Å². The van der Waals surface area contributed by atoms with Crippen molar-refractivity contribution in [2.24, 2.45) is 5.10 Å². The molecule has 3 nitrogen and oxygen atoms in total. The maximum Gasteiger partial charge on any atom is 0.0935 e. The maximum absolute atomic E-state index is 4.36. The van der Waals surface area contributed by atoms with Crippen LogP contribution in [0.3, 0.4) is 0 Å². The van der Waals surface area contributed by atoms with Gasteiger partial charge in [0.1, 0.15) is 0 Å². The van der Waals surface area contributed by atoms with Crippen LogP contribution in [0, 0.1) is 0 Å². The molecule has 1 aromatic carbocycles. The fraction of sp³-hybridized carbons (Fsp3) is 0.312. The summed E-state index contributed by atoms with van der Waals surface area (Å²) in [6.45, 7) is 12.3. The number of hydrogen-bond donors (Lipinski definition) is 1. The molecule has 0 saturated carbocycles. The maximum atomic E-state index is 4.36. The van der Waals surface area contributed by atoms with Gasteiger partial charge in [0.05, 0.1) is 5.71 Å². The summed E-state index contributed by atoms with van der Waals surface area (Å²) in [4.78, 5) is 2.33. The van der Waals surface area contributed by atoms with E-state index in [4.69, 9.17) is 0 Å². The van der Waals surface area contributed by atoms with E-state index in [2.05, 4.69) is 67.0 Å². The van der Waals surface area contributed by atoms with Crippen molar-refractivity contribution in [3.8, 4) is 0 Å². The van der Waals surface area contributed by atoms with E-state index in [0.29, 0.717) is 0 Å². The molecule has 0 spiro atoms. The zero-order valence-corrected chi connectivity index (χ0v) is 11.9. The minimum Gasteiger partial charge on any atom is -0.372 e. The second kappa shape index (κ2) is 5.74. The monoisotopic (exact) mass is 255 g/mol. The lowest BCUT2D eigenvalue weighted by Crippen LogP contribution is -2.22. The van der Waals surface area contributed by atoms with Crippen LogP contribution < -0.4 is 10.3 Å². The van der Waals surface area contributed by atoms with E-state index in [1.54, 1.807) is 0 Å². The second-order valence-electron chi connectivity index (χ2n) is 4.64. The molecule has 0 atom stereocenters. The largest absolute Gasteiger partial charge is 0.372 e. The van der Waals surface area contributed by atoms with Crippen LogP contribution in [-0.4, -0.2) is 18.8 Å². The molecular weight excluding hydrogens is 234 g/mol. The highest BCUT2D eigenvalue weighted by Gasteiger charge is 2.11. The van der Waals surface area contributed by atoms with Crippen molar-refractivity contribution in [1.29, 1.82) is 0 Å². The molecule has 0 aromatic heterocycles. The van der Waals surface area contributed by atoms with Gasteiger partial charge in [-0.1, -0.05) is 18.7 Å². The Labute approximate surface area is 115 Å². The van der Waals surface area contributed by atoms with Gasteiger partial charge in [0.15, 0.2) is 0 Å². The Morgan fingerprint density at radius 3 is 2.32 bits per heavy atom. The first-order valence-corrected chi connectivity index (χ1v) is 6.72. The first kappa shape index (κ1) is 13.4. The molecule has 1 aromatic rings. The number of hydrogen-bond acceptors (Lipinski definition) is 3. The standard InChI is InChI=1S/C16H21N3/c1-5-19(6-2)15-9-7-14(8-10-15)16-12(3)11-13(4)17-18-16/h7-11,17H,4-6H2,1-3H3. The van der Waals surface area contributed by atoms with Gasteiger partial charge < -0.3 is 4.90 Å². The molecule has 1 N–H and O–H groups in total. The van der Waals surface area contributed by atoms with Crippen LogP contribution in [0.25, 0.3) is 0 Å². The predicted octanol–water partition coefficient (Wildman–Crippen LogP) is 3.30. The van der Waals surface area contributed by atoms with Crippen LogP contribution in [0.5, 0.6) is 0 Å². The number of nitrogens with zero attached hydrogens (tertiary/aromatic N) is 2. The van der Waals surface area contributed by atoms with Crippen LogP contribution in [0.15, 0.2) is 53.3 Å². The summed E-state index contributed by atoms with van der Waals surface area (Å²) in [7, 11) is 0. The van der Waals surface area contributed by atoms with Crippen molar-refractivity contribution in [3.63, 3.8) is 0 Å². The number of rotatable bonds is 4. The van der Waals surface area contributed by atoms with Crippen molar-refractivity contribution in [2.75, 3.05) is 18.0 Å². The lowest BCUT2D eigenvalue weighted by atomic mass is 10.0. The fourth-order valence-corrected chi connectivity index (χ4v) is 2.29. The molecule has 1 aliphatic rings. The van der Waals surface area contributed by atoms with Gasteiger partial charge in [-0.2, -0.15) is 5.10 Å². The summed E-state index contributed by atoms with van der Waals surface area (Å²) in [5, 5.41) is 4.36. The number of hydrazone groups is 1. The molecule has 1 heterocycles. The van der Waals surface area contributed by atoms with Crippen molar-refractivity contribution < 1.29 is 0 Å². The summed E-state index contributed by atoms with van der Waals surface area (Å²) >= 11 is 0. The Bertz CT molecular complexity index is 519. The highest BCUT2D eigenvalue weighted by atomic mass is 15.3. The summed E-state index contributed by atoms with van der Waals surface area (Å²) in [6.07, 6.45) is 2.01. The molecule has 0 unspecified atom stereocenters. The highest BCUT2D eigenvalue weighted by molar-refractivity contribution is 6.13. The lowest BCUT2D eigenvalue weighted by Gasteiger charge is -2.21. The van der Waals surface area contributed by atoms with Gasteiger partial charge in [0.2, 0.25) is 0 Å². The van der Waals surface area contributed by atoms with Crippen molar-refractivity contribution in [2.45, 2.75) is 20.8 Å². The topological polar surface area (TPSA) is 27.6 Å². The molecule has 1 aliphatic heterocycles. The van der Waals surface area contributed by atoms with Gasteiger partial charge >= 0.3 is 0 Å². The molecular formula is C16H21N3. The van der Waals surface area contributed by atoms with E-state index >= 15 is 0 Å². The molecule has 0 saturated heterocycles. The number of nitrogens with one attached hydrogen (secondary N) is 1. The smallest absolute Gasteiger partial charge is 0.0935 e. The van der Waals surface area contributed by atoms with Crippen molar-refractivity contribution >= 4 is 11.4 Å². The Morgan fingerprint density at radius 1 is 1.16 bits per heavy atom. The first-order valence-electron chi connectivity index (χ1n) is 6.72. The number of anilines is 1. The molecule has 100 valence electrons. The Hall–Kier alpha value is -2.03. The van der Waals surface area contributed by atoms with Crippen molar-refractivity contribution in [1.82, 2.24) is 5.43 Å². The normalized spacial score (nSPS) is 14.6. The van der Waals surface area contributed by atoms with Gasteiger partial charge in [-0.15, -0.1) is 0 Å². The summed E-state index contributed by atoms with van der Waals surface area (Å²) in [6, 6.07) is 8.56. The number of benzene rings is 1. The Balaban J connectivity index is 2.24. The van der Waals surface area contributed by atoms with Gasteiger partial charge in [-0.25, -0.2) is 0 Å². The first-order chi connectivity index (χ1) is 9.15. The predicted molar refractivity (Wildman–Crippen MR) is 82.6 cm³/mol. The highest BCUT2D eigenvalue weighted by Crippen LogP contribution is 2.19. The van der Waals surface area contributed by atoms with Gasteiger partial charge in [-0.05, 0) is 44.6 Å². The lowest BCUT2D eigenvalue weighted by molar-refractivity contribution is 0.866. The SMILES string of the molecule is C=C1C=C(C)C(c2ccc(N(CC)CC)cc2)=NN1. The van der Waals surface area contributed by atoms with Crippen LogP contribution in [0.1, 0.15) is 26.3 Å². The van der Waals surface area contributed by atoms with Crippen LogP contribution in [-0.2, 0) is 0 Å². The fourth-order valence-electron chi connectivity index (χ4n) is 2.29. The van der Waals surface area contributed by atoms with Crippen LogP contribution in [0.2, 0.25) is 0 Å². The summed E-state index contributed by atoms with van der Waals surface area (Å²) in [5.74, 6) is 0. The van der Waals surface area contributed by atoms with E-state index in [-0.39, 0.29) is 0 Å². The Morgan fingerprint density at radius 2 is 1.79 bits per heavy atom. The Kier molecular flexibility index (Phi) is 4.05. The zero-order valence-electron chi connectivity index (χ0n) is 11.9. The quantitative estimate of drug-likeness (QED) is 0.894. The van der Waals surface area contributed by atoms with E-state index in [9.17, 15) is 0 Å².